The molecule has 2 N–H and O–H groups in total. The fourth-order valence-corrected chi connectivity index (χ4v) is 3.41. The van der Waals surface area contributed by atoms with Crippen molar-refractivity contribution in [3.8, 4) is 0 Å². The van der Waals surface area contributed by atoms with Crippen molar-refractivity contribution in [3.63, 3.8) is 0 Å². The predicted molar refractivity (Wildman–Crippen MR) is 83.1 cm³/mol. The van der Waals surface area contributed by atoms with Crippen molar-refractivity contribution in [2.24, 2.45) is 0 Å². The average Bonchev–Trinajstić information content (AvgIpc) is 2.46. The molecule has 0 aliphatic carbocycles. The molecule has 0 bridgehead atoms. The van der Waals surface area contributed by atoms with E-state index in [9.17, 15) is 13.5 Å². The summed E-state index contributed by atoms with van der Waals surface area (Å²) >= 11 is 11.6. The SMILES string of the molecule is O=S(=O)(NCC(O)c1ccc(Cl)cc1)c1ccccc1Cl. The van der Waals surface area contributed by atoms with Crippen LogP contribution in [0.4, 0.5) is 0 Å². The molecule has 0 amide bonds. The van der Waals surface area contributed by atoms with E-state index in [0.29, 0.717) is 10.6 Å². The van der Waals surface area contributed by atoms with Gasteiger partial charge in [-0.3, -0.25) is 0 Å². The zero-order chi connectivity index (χ0) is 15.5. The van der Waals surface area contributed by atoms with Crippen LogP contribution in [0.2, 0.25) is 10.0 Å². The maximum Gasteiger partial charge on any atom is 0.242 e. The Kier molecular flexibility index (Phi) is 5.24. The Morgan fingerprint density at radius 3 is 2.29 bits per heavy atom. The number of benzene rings is 2. The van der Waals surface area contributed by atoms with Crippen LogP contribution in [0.25, 0.3) is 0 Å². The van der Waals surface area contributed by atoms with Crippen LogP contribution in [0, 0.1) is 0 Å². The monoisotopic (exact) mass is 345 g/mol. The smallest absolute Gasteiger partial charge is 0.242 e. The van der Waals surface area contributed by atoms with Gasteiger partial charge in [0.2, 0.25) is 10.0 Å². The van der Waals surface area contributed by atoms with Gasteiger partial charge < -0.3 is 5.11 Å². The van der Waals surface area contributed by atoms with Gasteiger partial charge in [-0.1, -0.05) is 47.5 Å². The van der Waals surface area contributed by atoms with E-state index in [2.05, 4.69) is 4.72 Å². The lowest BCUT2D eigenvalue weighted by Gasteiger charge is -2.13. The van der Waals surface area contributed by atoms with Gasteiger partial charge in [0.1, 0.15) is 4.90 Å². The Morgan fingerprint density at radius 1 is 1.05 bits per heavy atom. The molecule has 0 spiro atoms. The second kappa shape index (κ2) is 6.77. The molecule has 0 heterocycles. The highest BCUT2D eigenvalue weighted by atomic mass is 35.5. The van der Waals surface area contributed by atoms with Crippen LogP contribution < -0.4 is 4.72 Å². The van der Waals surface area contributed by atoms with Crippen LogP contribution >= 0.6 is 23.2 Å². The van der Waals surface area contributed by atoms with Crippen LogP contribution in [-0.4, -0.2) is 20.1 Å². The Morgan fingerprint density at radius 2 is 1.67 bits per heavy atom. The molecule has 0 aliphatic rings. The highest BCUT2D eigenvalue weighted by Crippen LogP contribution is 2.21. The van der Waals surface area contributed by atoms with E-state index in [1.165, 1.54) is 12.1 Å². The Balaban J connectivity index is 2.08. The quantitative estimate of drug-likeness (QED) is 0.875. The molecule has 0 radical (unpaired) electrons. The summed E-state index contributed by atoms with van der Waals surface area (Å²) in [5.74, 6) is 0. The van der Waals surface area contributed by atoms with E-state index in [0.717, 1.165) is 0 Å². The van der Waals surface area contributed by atoms with Crippen LogP contribution in [0.3, 0.4) is 0 Å². The first-order chi connectivity index (χ1) is 9.90. The lowest BCUT2D eigenvalue weighted by atomic mass is 10.1. The molecule has 0 aromatic heterocycles. The Bertz CT molecular complexity index is 717. The first-order valence-electron chi connectivity index (χ1n) is 6.08. The van der Waals surface area contributed by atoms with Gasteiger partial charge in [0, 0.05) is 11.6 Å². The first-order valence-corrected chi connectivity index (χ1v) is 8.32. The minimum absolute atomic E-state index is 0.0185. The van der Waals surface area contributed by atoms with E-state index in [-0.39, 0.29) is 16.5 Å². The third kappa shape index (κ3) is 4.18. The van der Waals surface area contributed by atoms with Gasteiger partial charge >= 0.3 is 0 Å². The van der Waals surface area contributed by atoms with Crippen molar-refractivity contribution in [3.05, 3.63) is 64.1 Å². The standard InChI is InChI=1S/C14H13Cl2NO3S/c15-11-7-5-10(6-8-11)13(18)9-17-21(19,20)14-4-2-1-3-12(14)16/h1-8,13,17-18H,9H2. The largest absolute Gasteiger partial charge is 0.387 e. The Labute approximate surface area is 133 Å². The summed E-state index contributed by atoms with van der Waals surface area (Å²) < 4.78 is 26.6. The van der Waals surface area contributed by atoms with Crippen LogP contribution in [0.5, 0.6) is 0 Å². The van der Waals surface area contributed by atoms with Gasteiger partial charge in [0.05, 0.1) is 11.1 Å². The van der Waals surface area contributed by atoms with Crippen molar-refractivity contribution >= 4 is 33.2 Å². The van der Waals surface area contributed by atoms with E-state index >= 15 is 0 Å². The summed E-state index contributed by atoms with van der Waals surface area (Å²) in [5, 5.41) is 10.7. The lowest BCUT2D eigenvalue weighted by molar-refractivity contribution is 0.182. The number of aliphatic hydroxyl groups excluding tert-OH is 1. The van der Waals surface area contributed by atoms with E-state index < -0.39 is 16.1 Å². The summed E-state index contributed by atoms with van der Waals surface area (Å²) in [7, 11) is -3.77. The summed E-state index contributed by atoms with van der Waals surface area (Å²) in [6.07, 6.45) is -0.973. The maximum absolute atomic E-state index is 12.1. The van der Waals surface area contributed by atoms with Crippen molar-refractivity contribution in [1.29, 1.82) is 0 Å². The Hall–Kier alpha value is -1.11. The second-order valence-electron chi connectivity index (χ2n) is 4.35. The molecular weight excluding hydrogens is 333 g/mol. The summed E-state index contributed by atoms with van der Waals surface area (Å²) in [6.45, 7) is -0.158. The number of halogens is 2. The van der Waals surface area contributed by atoms with Gasteiger partial charge in [0.15, 0.2) is 0 Å². The molecule has 2 aromatic carbocycles. The maximum atomic E-state index is 12.1. The zero-order valence-corrected chi connectivity index (χ0v) is 13.2. The zero-order valence-electron chi connectivity index (χ0n) is 10.8. The minimum atomic E-state index is -3.77. The van der Waals surface area contributed by atoms with Crippen molar-refractivity contribution in [2.75, 3.05) is 6.54 Å². The molecule has 2 aromatic rings. The number of sulfonamides is 1. The molecule has 1 atom stereocenters. The molecule has 0 fully saturated rings. The van der Waals surface area contributed by atoms with Crippen molar-refractivity contribution in [1.82, 2.24) is 4.72 Å². The van der Waals surface area contributed by atoms with Crippen LogP contribution in [-0.2, 0) is 10.0 Å². The van der Waals surface area contributed by atoms with E-state index in [1.54, 1.807) is 36.4 Å². The molecule has 21 heavy (non-hydrogen) atoms. The van der Waals surface area contributed by atoms with Gasteiger partial charge in [-0.15, -0.1) is 0 Å². The number of hydrogen-bond acceptors (Lipinski definition) is 3. The van der Waals surface area contributed by atoms with E-state index in [4.69, 9.17) is 23.2 Å². The highest BCUT2D eigenvalue weighted by Gasteiger charge is 2.19. The fourth-order valence-electron chi connectivity index (χ4n) is 1.73. The minimum Gasteiger partial charge on any atom is -0.387 e. The van der Waals surface area contributed by atoms with Crippen molar-refractivity contribution < 1.29 is 13.5 Å². The average molecular weight is 346 g/mol. The highest BCUT2D eigenvalue weighted by molar-refractivity contribution is 7.89. The molecular formula is C14H13Cl2NO3S. The number of nitrogens with one attached hydrogen (secondary N) is 1. The molecule has 2 rings (SSSR count). The predicted octanol–water partition coefficient (Wildman–Crippen LogP) is 3.01. The molecule has 1 unspecified atom stereocenters. The molecule has 0 aliphatic heterocycles. The van der Waals surface area contributed by atoms with Crippen LogP contribution in [0.1, 0.15) is 11.7 Å². The van der Waals surface area contributed by atoms with Crippen molar-refractivity contribution in [2.45, 2.75) is 11.0 Å². The topological polar surface area (TPSA) is 66.4 Å². The molecule has 0 saturated heterocycles. The third-order valence-corrected chi connectivity index (χ3v) is 5.02. The molecule has 7 heteroatoms. The van der Waals surface area contributed by atoms with Gasteiger partial charge in [0.25, 0.3) is 0 Å². The summed E-state index contributed by atoms with van der Waals surface area (Å²) in [6, 6.07) is 12.6. The van der Waals surface area contributed by atoms with Crippen LogP contribution in [0.15, 0.2) is 53.4 Å². The van der Waals surface area contributed by atoms with Gasteiger partial charge in [-0.25, -0.2) is 13.1 Å². The normalized spacial score (nSPS) is 13.1. The summed E-state index contributed by atoms with van der Waals surface area (Å²) in [5.41, 5.74) is 0.571. The lowest BCUT2D eigenvalue weighted by Crippen LogP contribution is -2.28. The number of rotatable bonds is 5. The van der Waals surface area contributed by atoms with E-state index in [1.807, 2.05) is 0 Å². The third-order valence-electron chi connectivity index (χ3n) is 2.85. The second-order valence-corrected chi connectivity index (χ2v) is 6.93. The van der Waals surface area contributed by atoms with Gasteiger partial charge in [-0.05, 0) is 29.8 Å². The number of aliphatic hydroxyl groups is 1. The first kappa shape index (κ1) is 16.3. The molecule has 112 valence electrons. The number of hydrogen-bond donors (Lipinski definition) is 2. The fraction of sp³-hybridized carbons (Fsp3) is 0.143. The summed E-state index contributed by atoms with van der Waals surface area (Å²) in [4.78, 5) is -0.0185. The molecule has 4 nitrogen and oxygen atoms in total. The molecule has 0 saturated carbocycles. The van der Waals surface area contributed by atoms with Gasteiger partial charge in [-0.2, -0.15) is 0 Å².